The van der Waals surface area contributed by atoms with Crippen LogP contribution in [0, 0.1) is 25.2 Å². The Hall–Kier alpha value is -4.82. The van der Waals surface area contributed by atoms with Crippen LogP contribution >= 0.6 is 46.4 Å². The molecule has 51 heavy (non-hydrogen) atoms. The van der Waals surface area contributed by atoms with Gasteiger partial charge in [0.15, 0.2) is 5.69 Å². The number of carbonyl (C=O) groups excluding carboxylic acids is 1. The maximum Gasteiger partial charge on any atom is 0.262 e. The number of halogens is 4. The van der Waals surface area contributed by atoms with Crippen molar-refractivity contribution in [2.24, 2.45) is 0 Å². The van der Waals surface area contributed by atoms with Gasteiger partial charge in [-0.25, -0.2) is 31.8 Å². The lowest BCUT2D eigenvalue weighted by atomic mass is 10.1. The molecule has 0 atom stereocenters. The number of hydrogen-bond acceptors (Lipinski definition) is 10. The molecule has 0 saturated heterocycles. The van der Waals surface area contributed by atoms with E-state index >= 15 is 0 Å². The zero-order valence-electron chi connectivity index (χ0n) is 26.1. The Morgan fingerprint density at radius 3 is 1.82 bits per heavy atom. The molecule has 0 aliphatic carbocycles. The molecule has 0 saturated carbocycles. The summed E-state index contributed by atoms with van der Waals surface area (Å²) in [5.41, 5.74) is 2.01. The minimum absolute atomic E-state index is 0.00997. The fourth-order valence-corrected chi connectivity index (χ4v) is 7.32. The zero-order valence-corrected chi connectivity index (χ0v) is 30.8. The number of aromatic amines is 1. The molecule has 0 spiro atoms. The quantitative estimate of drug-likeness (QED) is 0.131. The number of pyridine rings is 2. The number of anilines is 2. The third kappa shape index (κ3) is 8.56. The Balaban J connectivity index is 0.000000211. The Kier molecular flexibility index (Phi) is 11.2. The molecule has 4 aromatic heterocycles. The second-order valence-corrected chi connectivity index (χ2v) is 15.6. The zero-order chi connectivity index (χ0) is 37.1. The van der Waals surface area contributed by atoms with E-state index in [0.717, 1.165) is 5.56 Å². The van der Waals surface area contributed by atoms with Gasteiger partial charge in [-0.3, -0.25) is 19.2 Å². The van der Waals surface area contributed by atoms with Crippen molar-refractivity contribution >= 4 is 94.6 Å². The van der Waals surface area contributed by atoms with E-state index in [4.69, 9.17) is 51.7 Å². The number of benzene rings is 2. The van der Waals surface area contributed by atoms with Crippen LogP contribution in [-0.2, 0) is 20.0 Å². The summed E-state index contributed by atoms with van der Waals surface area (Å²) in [6.45, 7) is 3.47. The maximum atomic E-state index is 13.2. The number of hydrogen-bond donors (Lipinski definition) is 3. The van der Waals surface area contributed by atoms with Crippen molar-refractivity contribution in [2.45, 2.75) is 23.6 Å². The smallest absolute Gasteiger partial charge is 0.262 e. The Labute approximate surface area is 311 Å². The van der Waals surface area contributed by atoms with Gasteiger partial charge in [0.25, 0.3) is 20.0 Å². The van der Waals surface area contributed by atoms with E-state index in [1.165, 1.54) is 67.3 Å². The molecule has 0 bridgehead atoms. The van der Waals surface area contributed by atoms with Crippen molar-refractivity contribution in [1.29, 1.82) is 5.26 Å². The van der Waals surface area contributed by atoms with Crippen LogP contribution in [-0.4, -0.2) is 47.5 Å². The lowest BCUT2D eigenvalue weighted by Gasteiger charge is -2.13. The predicted octanol–water partition coefficient (Wildman–Crippen LogP) is 7.37. The first-order chi connectivity index (χ1) is 24.1. The Morgan fingerprint density at radius 2 is 1.25 bits per heavy atom. The number of aryl methyl sites for hydroxylation is 2. The molecule has 6 rings (SSSR count). The molecule has 2 aromatic carbocycles. The van der Waals surface area contributed by atoms with Crippen LogP contribution in [0.2, 0.25) is 20.1 Å². The van der Waals surface area contributed by atoms with E-state index < -0.39 is 25.8 Å². The van der Waals surface area contributed by atoms with Crippen molar-refractivity contribution in [1.82, 2.24) is 24.9 Å². The van der Waals surface area contributed by atoms with Crippen LogP contribution < -0.4 is 9.44 Å². The van der Waals surface area contributed by atoms with Gasteiger partial charge in [-0.2, -0.15) is 5.26 Å². The van der Waals surface area contributed by atoms with Crippen molar-refractivity contribution in [3.05, 3.63) is 128 Å². The lowest BCUT2D eigenvalue weighted by molar-refractivity contribution is 0.103. The largest absolute Gasteiger partial charge is 0.346 e. The second kappa shape index (κ2) is 15.2. The van der Waals surface area contributed by atoms with Gasteiger partial charge in [-0.1, -0.05) is 46.4 Å². The first-order valence-corrected chi connectivity index (χ1v) is 18.7. The number of nitrogens with zero attached hydrogens (tertiary/aromatic N) is 5. The number of aromatic nitrogens is 5. The normalized spacial score (nSPS) is 11.3. The number of ketones is 1. The summed E-state index contributed by atoms with van der Waals surface area (Å²) in [5, 5.41) is 10.2. The van der Waals surface area contributed by atoms with Crippen LogP contribution in [0.5, 0.6) is 0 Å². The summed E-state index contributed by atoms with van der Waals surface area (Å²) >= 11 is 23.4. The minimum atomic E-state index is -4.06. The highest BCUT2D eigenvalue weighted by Gasteiger charge is 2.24. The molecule has 0 fully saturated rings. The van der Waals surface area contributed by atoms with Crippen molar-refractivity contribution in [3.63, 3.8) is 0 Å². The average Bonchev–Trinajstić information content (AvgIpc) is 3.56. The number of H-pyrrole nitrogens is 1. The Morgan fingerprint density at radius 1 is 0.706 bits per heavy atom. The summed E-state index contributed by atoms with van der Waals surface area (Å²) in [6.07, 6.45) is 5.83. The fourth-order valence-electron chi connectivity index (χ4n) is 4.42. The van der Waals surface area contributed by atoms with Crippen LogP contribution in [0.3, 0.4) is 0 Å². The number of rotatable bonds is 8. The summed E-state index contributed by atoms with van der Waals surface area (Å²) < 4.78 is 55.1. The highest BCUT2D eigenvalue weighted by atomic mass is 35.5. The molecule has 0 unspecified atom stereocenters. The van der Waals surface area contributed by atoms with E-state index in [0.29, 0.717) is 16.6 Å². The van der Waals surface area contributed by atoms with Gasteiger partial charge in [0.05, 0.1) is 41.3 Å². The van der Waals surface area contributed by atoms with E-state index in [1.54, 1.807) is 26.1 Å². The Bertz CT molecular complexity index is 2600. The molecule has 260 valence electrons. The molecule has 6 aromatic rings. The van der Waals surface area contributed by atoms with Crippen LogP contribution in [0.1, 0.15) is 33.0 Å². The molecule has 4 heterocycles. The van der Waals surface area contributed by atoms with Crippen LogP contribution in [0.4, 0.5) is 11.4 Å². The van der Waals surface area contributed by atoms with Gasteiger partial charge in [0.2, 0.25) is 5.78 Å². The average molecular weight is 805 g/mol. The SMILES string of the molecule is Cc1cnc(C#N)c(NS(=O)(=O)c2ccc(Cl)c(Cl)c2)c1.Cc1cnc(C(=O)c2ncnc3[nH]ccc23)c(NS(=O)(=O)c2ccc(Cl)c(Cl)c2)c1. The first-order valence-electron chi connectivity index (χ1n) is 14.2. The molecule has 19 heteroatoms. The summed E-state index contributed by atoms with van der Waals surface area (Å²) in [7, 11) is -7.95. The number of nitrogens with one attached hydrogen (secondary N) is 3. The fraction of sp³-hybridized carbons (Fsp3) is 0.0625. The number of sulfonamides is 2. The molecular weight excluding hydrogens is 782 g/mol. The molecule has 0 radical (unpaired) electrons. The first kappa shape index (κ1) is 37.4. The van der Waals surface area contributed by atoms with Gasteiger partial charge < -0.3 is 4.98 Å². The minimum Gasteiger partial charge on any atom is -0.346 e. The number of fused-ring (bicyclic) bond motifs is 1. The van der Waals surface area contributed by atoms with Gasteiger partial charge in [0, 0.05) is 24.0 Å². The molecule has 0 aliphatic heterocycles. The molecule has 0 aliphatic rings. The van der Waals surface area contributed by atoms with Crippen LogP contribution in [0.15, 0.2) is 89.3 Å². The third-order valence-electron chi connectivity index (χ3n) is 6.83. The lowest BCUT2D eigenvalue weighted by Crippen LogP contribution is -2.18. The summed E-state index contributed by atoms with van der Waals surface area (Å²) in [6, 6.07) is 14.4. The van der Waals surface area contributed by atoms with Crippen LogP contribution in [0.25, 0.3) is 11.0 Å². The molecule has 0 amide bonds. The highest BCUT2D eigenvalue weighted by Crippen LogP contribution is 2.29. The van der Waals surface area contributed by atoms with Gasteiger partial charge >= 0.3 is 0 Å². The predicted molar refractivity (Wildman–Crippen MR) is 195 cm³/mol. The number of nitriles is 1. The molecule has 3 N–H and O–H groups in total. The van der Waals surface area contributed by atoms with Crippen molar-refractivity contribution in [2.75, 3.05) is 9.44 Å². The van der Waals surface area contributed by atoms with Crippen molar-refractivity contribution in [3.8, 4) is 6.07 Å². The monoisotopic (exact) mass is 802 g/mol. The second-order valence-electron chi connectivity index (χ2n) is 10.6. The summed E-state index contributed by atoms with van der Waals surface area (Å²) in [5.74, 6) is -0.547. The highest BCUT2D eigenvalue weighted by molar-refractivity contribution is 7.93. The van der Waals surface area contributed by atoms with E-state index in [9.17, 15) is 21.6 Å². The van der Waals surface area contributed by atoms with Gasteiger partial charge in [0.1, 0.15) is 29.4 Å². The summed E-state index contributed by atoms with van der Waals surface area (Å²) in [4.78, 5) is 32.1. The molecular formula is C32H22Cl4N8O5S2. The van der Waals surface area contributed by atoms with Gasteiger partial charge in [-0.05, 0) is 79.6 Å². The molecule has 13 nitrogen and oxygen atoms in total. The van der Waals surface area contributed by atoms with Crippen molar-refractivity contribution < 1.29 is 21.6 Å². The van der Waals surface area contributed by atoms with E-state index in [2.05, 4.69) is 34.4 Å². The third-order valence-corrected chi connectivity index (χ3v) is 11.0. The standard InChI is InChI=1S/C19H13Cl2N5O3S.C13H9Cl2N3O2S/c1-10-6-15(26-30(28,29)11-2-3-13(20)14(21)7-11)17(23-8-10)18(27)16-12-4-5-22-19(12)25-9-24-16;1-8-4-12(13(6-16)17-7-8)18-21(19,20)9-2-3-10(14)11(15)5-9/h2-9,26H,1H3,(H,22,24,25);2-5,7,18H,1H3. The topological polar surface area (TPSA) is 201 Å². The van der Waals surface area contributed by atoms with E-state index in [1.807, 2.05) is 6.07 Å². The van der Waals surface area contributed by atoms with E-state index in [-0.39, 0.29) is 58.3 Å². The van der Waals surface area contributed by atoms with Gasteiger partial charge in [-0.15, -0.1) is 0 Å². The number of carbonyl (C=O) groups is 1. The maximum absolute atomic E-state index is 13.2.